The summed E-state index contributed by atoms with van der Waals surface area (Å²) in [5, 5.41) is 16.7. The van der Waals surface area contributed by atoms with Crippen molar-refractivity contribution < 1.29 is 4.79 Å². The Morgan fingerprint density at radius 1 is 1.08 bits per heavy atom. The van der Waals surface area contributed by atoms with Gasteiger partial charge in [-0.15, -0.1) is 0 Å². The lowest BCUT2D eigenvalue weighted by Crippen LogP contribution is -2.32. The van der Waals surface area contributed by atoms with Gasteiger partial charge in [0, 0.05) is 53.9 Å². The van der Waals surface area contributed by atoms with Gasteiger partial charge in [-0.25, -0.2) is 4.98 Å². The fourth-order valence-corrected chi connectivity index (χ4v) is 4.98. The molecule has 1 atom stereocenters. The zero-order chi connectivity index (χ0) is 25.4. The van der Waals surface area contributed by atoms with E-state index in [9.17, 15) is 4.79 Å². The maximum atomic E-state index is 12.8. The Morgan fingerprint density at radius 2 is 1.89 bits per heavy atom. The summed E-state index contributed by atoms with van der Waals surface area (Å²) in [6.45, 7) is 1.84. The molecule has 1 saturated heterocycles. The van der Waals surface area contributed by atoms with Crippen LogP contribution >= 0.6 is 0 Å². The number of nitrogens with two attached hydrogens (primary N) is 1. The molecule has 0 saturated carbocycles. The second-order valence-electron chi connectivity index (χ2n) is 9.37. The minimum absolute atomic E-state index is 0.165. The predicted molar refractivity (Wildman–Crippen MR) is 145 cm³/mol. The van der Waals surface area contributed by atoms with Crippen LogP contribution in [0.5, 0.6) is 0 Å². The smallest absolute Gasteiger partial charge is 0.255 e. The zero-order valence-corrected chi connectivity index (χ0v) is 20.6. The van der Waals surface area contributed by atoms with Crippen molar-refractivity contribution >= 4 is 28.3 Å². The van der Waals surface area contributed by atoms with Crippen molar-refractivity contribution in [3.63, 3.8) is 0 Å². The molecule has 4 N–H and O–H groups in total. The van der Waals surface area contributed by atoms with E-state index < -0.39 is 0 Å². The van der Waals surface area contributed by atoms with Gasteiger partial charge in [0.1, 0.15) is 11.5 Å². The number of pyridine rings is 1. The third kappa shape index (κ3) is 4.34. The Kier molecular flexibility index (Phi) is 5.90. The molecule has 2 aromatic carbocycles. The molecule has 0 aliphatic carbocycles. The highest BCUT2D eigenvalue weighted by Gasteiger charge is 2.25. The number of fused-ring (bicyclic) bond motifs is 1. The number of carbonyl (C=O) groups excluding carboxylic acids is 1. The molecule has 3 aromatic heterocycles. The van der Waals surface area contributed by atoms with Gasteiger partial charge >= 0.3 is 0 Å². The van der Waals surface area contributed by atoms with Gasteiger partial charge in [0.2, 0.25) is 0 Å². The Bertz CT molecular complexity index is 1560. The van der Waals surface area contributed by atoms with E-state index in [1.807, 2.05) is 80.2 Å². The number of rotatable bonds is 5. The number of amides is 1. The number of nitrogen functional groups attached to an aromatic ring is 1. The normalized spacial score (nSPS) is 15.6. The van der Waals surface area contributed by atoms with Crippen LogP contribution in [-0.2, 0) is 7.05 Å². The third-order valence-corrected chi connectivity index (χ3v) is 6.84. The monoisotopic (exact) mass is 492 g/mol. The van der Waals surface area contributed by atoms with Gasteiger partial charge in [0.05, 0.1) is 23.1 Å². The molecule has 0 bridgehead atoms. The summed E-state index contributed by atoms with van der Waals surface area (Å²) in [5.74, 6) is 0.264. The van der Waals surface area contributed by atoms with Crippen LogP contribution in [-0.4, -0.2) is 43.5 Å². The number of piperidine rings is 1. The van der Waals surface area contributed by atoms with E-state index in [2.05, 4.69) is 25.4 Å². The number of nitrogens with zero attached hydrogens (tertiary/aromatic N) is 5. The Balaban J connectivity index is 1.44. The minimum Gasteiger partial charge on any atom is -0.383 e. The molecule has 37 heavy (non-hydrogen) atoms. The van der Waals surface area contributed by atoms with Crippen LogP contribution in [0, 0.1) is 0 Å². The number of benzene rings is 2. The van der Waals surface area contributed by atoms with E-state index in [4.69, 9.17) is 10.8 Å². The second-order valence-corrected chi connectivity index (χ2v) is 9.37. The quantitative estimate of drug-likeness (QED) is 0.338. The van der Waals surface area contributed by atoms with Crippen molar-refractivity contribution in [3.05, 3.63) is 78.8 Å². The summed E-state index contributed by atoms with van der Waals surface area (Å²) in [5.41, 5.74) is 12.3. The zero-order valence-electron chi connectivity index (χ0n) is 20.6. The van der Waals surface area contributed by atoms with E-state index in [1.54, 1.807) is 4.68 Å². The van der Waals surface area contributed by atoms with Crippen molar-refractivity contribution in [1.29, 1.82) is 0 Å². The minimum atomic E-state index is -0.165. The van der Waals surface area contributed by atoms with Crippen molar-refractivity contribution in [1.82, 2.24) is 29.9 Å². The molecular formula is C28H28N8O. The standard InChI is InChI=1S/C28H28N8O/c1-35-17-20(14-32-35)23-16-31-27(29)24-25(34-36(26(23)24)22-8-5-13-30-15-22)18-9-11-19(12-10-18)28(37)33-21-6-3-2-4-7-21/h2-4,6-7,9-12,14,16-17,22,30H,5,8,13,15H2,1H3,(H2,29,31)(H,33,37)/t22-/m1/s1. The van der Waals surface area contributed by atoms with Crippen LogP contribution < -0.4 is 16.4 Å². The lowest BCUT2D eigenvalue weighted by atomic mass is 10.0. The highest BCUT2D eigenvalue weighted by Crippen LogP contribution is 2.39. The molecule has 5 aromatic rings. The topological polar surface area (TPSA) is 116 Å². The van der Waals surface area contributed by atoms with Gasteiger partial charge < -0.3 is 16.4 Å². The number of hydrogen-bond donors (Lipinski definition) is 3. The van der Waals surface area contributed by atoms with Gasteiger partial charge in [-0.1, -0.05) is 30.3 Å². The first-order chi connectivity index (χ1) is 18.1. The summed E-state index contributed by atoms with van der Waals surface area (Å²) in [6.07, 6.45) is 7.72. The van der Waals surface area contributed by atoms with Gasteiger partial charge in [0.15, 0.2) is 0 Å². The first-order valence-electron chi connectivity index (χ1n) is 12.4. The Morgan fingerprint density at radius 3 is 2.59 bits per heavy atom. The molecule has 6 rings (SSSR count). The molecule has 1 amide bonds. The number of aromatic nitrogens is 5. The fourth-order valence-electron chi connectivity index (χ4n) is 4.98. The molecule has 186 valence electrons. The maximum Gasteiger partial charge on any atom is 0.255 e. The van der Waals surface area contributed by atoms with Gasteiger partial charge in [-0.3, -0.25) is 14.2 Å². The van der Waals surface area contributed by atoms with Crippen LogP contribution in [0.4, 0.5) is 11.5 Å². The van der Waals surface area contributed by atoms with E-state index in [-0.39, 0.29) is 11.9 Å². The van der Waals surface area contributed by atoms with Crippen molar-refractivity contribution in [2.75, 3.05) is 24.1 Å². The lowest BCUT2D eigenvalue weighted by molar-refractivity contribution is 0.102. The Labute approximate surface area is 214 Å². The van der Waals surface area contributed by atoms with E-state index in [0.717, 1.165) is 64.9 Å². The highest BCUT2D eigenvalue weighted by atomic mass is 16.1. The summed E-state index contributed by atoms with van der Waals surface area (Å²) in [7, 11) is 1.90. The molecule has 9 heteroatoms. The van der Waals surface area contributed by atoms with E-state index in [0.29, 0.717) is 11.4 Å². The third-order valence-electron chi connectivity index (χ3n) is 6.84. The molecule has 1 fully saturated rings. The van der Waals surface area contributed by atoms with Crippen LogP contribution in [0.3, 0.4) is 0 Å². The summed E-state index contributed by atoms with van der Waals surface area (Å²) >= 11 is 0. The van der Waals surface area contributed by atoms with Crippen molar-refractivity contribution in [2.24, 2.45) is 7.05 Å². The average Bonchev–Trinajstić information content (AvgIpc) is 3.55. The predicted octanol–water partition coefficient (Wildman–Crippen LogP) is 4.26. The number of aryl methyl sites for hydroxylation is 1. The summed E-state index contributed by atoms with van der Waals surface area (Å²) in [6, 6.07) is 17.1. The van der Waals surface area contributed by atoms with Gasteiger partial charge in [0.25, 0.3) is 5.91 Å². The molecular weight excluding hydrogens is 464 g/mol. The molecule has 0 radical (unpaired) electrons. The number of hydrogen-bond acceptors (Lipinski definition) is 6. The highest BCUT2D eigenvalue weighted by molar-refractivity contribution is 6.07. The van der Waals surface area contributed by atoms with Crippen LogP contribution in [0.15, 0.2) is 73.2 Å². The number of nitrogens with one attached hydrogen (secondary N) is 2. The molecule has 4 heterocycles. The van der Waals surface area contributed by atoms with Crippen molar-refractivity contribution in [2.45, 2.75) is 18.9 Å². The first-order valence-corrected chi connectivity index (χ1v) is 12.4. The number of para-hydroxylation sites is 1. The van der Waals surface area contributed by atoms with Crippen LogP contribution in [0.2, 0.25) is 0 Å². The largest absolute Gasteiger partial charge is 0.383 e. The Hall–Kier alpha value is -4.50. The number of carbonyl (C=O) groups is 1. The first kappa shape index (κ1) is 22.9. The number of anilines is 2. The molecule has 1 aliphatic rings. The lowest BCUT2D eigenvalue weighted by Gasteiger charge is -2.24. The van der Waals surface area contributed by atoms with Crippen LogP contribution in [0.1, 0.15) is 29.2 Å². The van der Waals surface area contributed by atoms with Crippen molar-refractivity contribution in [3.8, 4) is 22.4 Å². The van der Waals surface area contributed by atoms with Crippen LogP contribution in [0.25, 0.3) is 33.3 Å². The van der Waals surface area contributed by atoms with E-state index in [1.165, 1.54) is 0 Å². The molecule has 0 unspecified atom stereocenters. The summed E-state index contributed by atoms with van der Waals surface area (Å²) in [4.78, 5) is 17.3. The average molecular weight is 493 g/mol. The maximum absolute atomic E-state index is 12.8. The van der Waals surface area contributed by atoms with Gasteiger partial charge in [-0.05, 0) is 43.7 Å². The SMILES string of the molecule is Cn1cc(-c2cnc(N)c3c(-c4ccc(C(=O)Nc5ccccc5)cc4)nn([C@@H]4CCCNC4)c23)cn1. The fraction of sp³-hybridized carbons (Fsp3) is 0.214. The molecule has 0 spiro atoms. The second kappa shape index (κ2) is 9.51. The molecule has 1 aliphatic heterocycles. The van der Waals surface area contributed by atoms with Gasteiger partial charge in [-0.2, -0.15) is 10.2 Å². The molecule has 9 nitrogen and oxygen atoms in total. The van der Waals surface area contributed by atoms with E-state index >= 15 is 0 Å². The summed E-state index contributed by atoms with van der Waals surface area (Å²) < 4.78 is 3.88.